The van der Waals surface area contributed by atoms with Gasteiger partial charge in [0, 0.05) is 0 Å². The van der Waals surface area contributed by atoms with Crippen molar-refractivity contribution < 1.29 is 19.4 Å². The number of hydrogen-bond donors (Lipinski definition) is 1. The zero-order chi connectivity index (χ0) is 16.7. The second-order valence-electron chi connectivity index (χ2n) is 4.73. The minimum Gasteiger partial charge on any atom is -0.478 e. The van der Waals surface area contributed by atoms with E-state index < -0.39 is 11.9 Å². The van der Waals surface area contributed by atoms with Crippen molar-refractivity contribution in [3.63, 3.8) is 0 Å². The number of hydrogen-bond acceptors (Lipinski definition) is 3. The van der Waals surface area contributed by atoms with Gasteiger partial charge >= 0.3 is 11.9 Å². The van der Waals surface area contributed by atoms with Gasteiger partial charge in [-0.15, -0.1) is 0 Å². The maximum absolute atomic E-state index is 12.1. The summed E-state index contributed by atoms with van der Waals surface area (Å²) in [7, 11) is 1.23. The first-order valence-corrected chi connectivity index (χ1v) is 6.97. The fraction of sp³-hybridized carbons (Fsp3) is 0.0526. The van der Waals surface area contributed by atoms with Crippen molar-refractivity contribution in [1.29, 1.82) is 0 Å². The van der Waals surface area contributed by atoms with Crippen LogP contribution in [0.25, 0.3) is 12.2 Å². The number of benzene rings is 2. The summed E-state index contributed by atoms with van der Waals surface area (Å²) < 4.78 is 4.74. The Bertz CT molecular complexity index is 743. The number of carbonyl (C=O) groups is 2. The second-order valence-corrected chi connectivity index (χ2v) is 4.73. The Hall–Kier alpha value is -3.14. The Balaban J connectivity index is 2.55. The molecule has 0 bridgehead atoms. The molecule has 0 aliphatic heterocycles. The van der Waals surface area contributed by atoms with Crippen LogP contribution in [0.4, 0.5) is 0 Å². The number of rotatable bonds is 5. The molecule has 0 saturated heterocycles. The summed E-state index contributed by atoms with van der Waals surface area (Å²) in [4.78, 5) is 23.7. The topological polar surface area (TPSA) is 63.6 Å². The molecule has 0 aromatic heterocycles. The number of aliphatic carboxylic acids is 1. The highest BCUT2D eigenvalue weighted by molar-refractivity contribution is 6.12. The van der Waals surface area contributed by atoms with Crippen molar-refractivity contribution >= 4 is 24.1 Å². The van der Waals surface area contributed by atoms with Crippen LogP contribution >= 0.6 is 0 Å². The molecule has 0 aliphatic rings. The summed E-state index contributed by atoms with van der Waals surface area (Å²) in [5.41, 5.74) is 1.28. The normalized spacial score (nSPS) is 11.9. The van der Waals surface area contributed by atoms with Crippen molar-refractivity contribution in [2.45, 2.75) is 0 Å². The van der Waals surface area contributed by atoms with Crippen LogP contribution in [0.5, 0.6) is 0 Å². The van der Waals surface area contributed by atoms with Gasteiger partial charge in [0.05, 0.1) is 18.3 Å². The molecular formula is C19H16O4. The van der Waals surface area contributed by atoms with Crippen LogP contribution in [0, 0.1) is 0 Å². The lowest BCUT2D eigenvalue weighted by atomic mass is 10.0. The third kappa shape index (κ3) is 4.41. The molecule has 0 fully saturated rings. The van der Waals surface area contributed by atoms with Gasteiger partial charge in [0.1, 0.15) is 0 Å². The Morgan fingerprint density at radius 3 is 1.65 bits per heavy atom. The van der Waals surface area contributed by atoms with Gasteiger partial charge in [-0.05, 0) is 23.3 Å². The van der Waals surface area contributed by atoms with E-state index in [1.807, 2.05) is 24.3 Å². The first-order chi connectivity index (χ1) is 11.1. The molecule has 0 atom stereocenters. The Kier molecular flexibility index (Phi) is 5.47. The molecule has 0 amide bonds. The lowest BCUT2D eigenvalue weighted by Gasteiger charge is -2.07. The van der Waals surface area contributed by atoms with Crippen LogP contribution in [-0.2, 0) is 14.3 Å². The van der Waals surface area contributed by atoms with E-state index in [4.69, 9.17) is 4.74 Å². The lowest BCUT2D eigenvalue weighted by Crippen LogP contribution is -2.13. The molecule has 0 aliphatic carbocycles. The van der Waals surface area contributed by atoms with E-state index in [2.05, 4.69) is 0 Å². The second kappa shape index (κ2) is 7.75. The van der Waals surface area contributed by atoms with Crippen molar-refractivity contribution in [2.24, 2.45) is 0 Å². The maximum Gasteiger partial charge on any atom is 0.338 e. The average Bonchev–Trinajstić information content (AvgIpc) is 2.59. The van der Waals surface area contributed by atoms with Crippen LogP contribution in [0.2, 0.25) is 0 Å². The van der Waals surface area contributed by atoms with Gasteiger partial charge in [0.25, 0.3) is 0 Å². The van der Waals surface area contributed by atoms with Crippen LogP contribution in [0.15, 0.2) is 71.8 Å². The van der Waals surface area contributed by atoms with E-state index in [-0.39, 0.29) is 11.1 Å². The third-order valence-corrected chi connectivity index (χ3v) is 3.15. The molecule has 0 saturated carbocycles. The van der Waals surface area contributed by atoms with Crippen LogP contribution in [0.3, 0.4) is 0 Å². The molecule has 4 nitrogen and oxygen atoms in total. The summed E-state index contributed by atoms with van der Waals surface area (Å²) in [5, 5.41) is 9.51. The van der Waals surface area contributed by atoms with E-state index in [1.54, 1.807) is 36.4 Å². The number of carbonyl (C=O) groups excluding carboxylic acids is 1. The zero-order valence-corrected chi connectivity index (χ0v) is 12.6. The van der Waals surface area contributed by atoms with E-state index in [0.717, 1.165) is 0 Å². The highest BCUT2D eigenvalue weighted by atomic mass is 16.5. The van der Waals surface area contributed by atoms with Crippen LogP contribution in [0.1, 0.15) is 11.1 Å². The molecular weight excluding hydrogens is 292 g/mol. The minimum absolute atomic E-state index is 0.00458. The van der Waals surface area contributed by atoms with Gasteiger partial charge < -0.3 is 9.84 Å². The minimum atomic E-state index is -1.19. The van der Waals surface area contributed by atoms with E-state index in [0.29, 0.717) is 11.1 Å². The SMILES string of the molecule is COC(=O)C(=C\c1ccccc1)/C(=C/c1ccccc1)C(=O)O. The van der Waals surface area contributed by atoms with E-state index >= 15 is 0 Å². The van der Waals surface area contributed by atoms with Gasteiger partial charge in [-0.3, -0.25) is 0 Å². The zero-order valence-electron chi connectivity index (χ0n) is 12.6. The van der Waals surface area contributed by atoms with Crippen molar-refractivity contribution in [3.8, 4) is 0 Å². The molecule has 0 spiro atoms. The van der Waals surface area contributed by atoms with E-state index in [9.17, 15) is 14.7 Å². The predicted octanol–water partition coefficient (Wildman–Crippen LogP) is 3.41. The molecule has 0 heterocycles. The first kappa shape index (κ1) is 16.2. The summed E-state index contributed by atoms with van der Waals surface area (Å²) in [6, 6.07) is 18.0. The lowest BCUT2D eigenvalue weighted by molar-refractivity contribution is -0.138. The van der Waals surface area contributed by atoms with Gasteiger partial charge in [-0.2, -0.15) is 0 Å². The Morgan fingerprint density at radius 2 is 1.26 bits per heavy atom. The molecule has 0 unspecified atom stereocenters. The maximum atomic E-state index is 12.1. The van der Waals surface area contributed by atoms with E-state index in [1.165, 1.54) is 19.3 Å². The molecule has 0 radical (unpaired) electrons. The van der Waals surface area contributed by atoms with Gasteiger partial charge in [-0.25, -0.2) is 9.59 Å². The quantitative estimate of drug-likeness (QED) is 0.522. The molecule has 4 heteroatoms. The number of carboxylic acid groups (broad SMARTS) is 1. The molecule has 23 heavy (non-hydrogen) atoms. The highest BCUT2D eigenvalue weighted by Gasteiger charge is 2.21. The number of carboxylic acids is 1. The summed E-state index contributed by atoms with van der Waals surface area (Å²) in [5.74, 6) is -1.89. The predicted molar refractivity (Wildman–Crippen MR) is 88.5 cm³/mol. The first-order valence-electron chi connectivity index (χ1n) is 6.97. The highest BCUT2D eigenvalue weighted by Crippen LogP contribution is 2.20. The molecule has 116 valence electrons. The van der Waals surface area contributed by atoms with Crippen LogP contribution < -0.4 is 0 Å². The molecule has 1 N–H and O–H groups in total. The van der Waals surface area contributed by atoms with Crippen molar-refractivity contribution in [2.75, 3.05) is 7.11 Å². The summed E-state index contributed by atoms with van der Waals surface area (Å²) in [6.45, 7) is 0. The number of esters is 1. The Morgan fingerprint density at radius 1 is 0.826 bits per heavy atom. The third-order valence-electron chi connectivity index (χ3n) is 3.15. The fourth-order valence-electron chi connectivity index (χ4n) is 2.04. The molecule has 2 aromatic rings. The monoisotopic (exact) mass is 308 g/mol. The summed E-state index contributed by atoms with van der Waals surface area (Å²) >= 11 is 0. The van der Waals surface area contributed by atoms with Crippen LogP contribution in [-0.4, -0.2) is 24.2 Å². The largest absolute Gasteiger partial charge is 0.478 e. The molecule has 2 rings (SSSR count). The van der Waals surface area contributed by atoms with Gasteiger partial charge in [0.15, 0.2) is 0 Å². The standard InChI is InChI=1S/C19H16O4/c1-23-19(22)17(13-15-10-6-3-7-11-15)16(18(20)21)12-14-8-4-2-5-9-14/h2-13H,1H3,(H,20,21)/b16-12-,17-13-. The van der Waals surface area contributed by atoms with Crippen molar-refractivity contribution in [1.82, 2.24) is 0 Å². The fourth-order valence-corrected chi connectivity index (χ4v) is 2.04. The van der Waals surface area contributed by atoms with Gasteiger partial charge in [-0.1, -0.05) is 60.7 Å². The number of ether oxygens (including phenoxy) is 1. The Labute approximate surface area is 134 Å². The van der Waals surface area contributed by atoms with Crippen molar-refractivity contribution in [3.05, 3.63) is 82.9 Å². The molecule has 2 aromatic carbocycles. The summed E-state index contributed by atoms with van der Waals surface area (Å²) in [6.07, 6.45) is 2.96. The average molecular weight is 308 g/mol. The van der Waals surface area contributed by atoms with Gasteiger partial charge in [0.2, 0.25) is 0 Å². The number of methoxy groups -OCH3 is 1. The smallest absolute Gasteiger partial charge is 0.338 e.